The largest absolute Gasteiger partial charge is 0.502 e. The highest BCUT2D eigenvalue weighted by molar-refractivity contribution is 5.57. The van der Waals surface area contributed by atoms with E-state index in [0.717, 1.165) is 36.8 Å². The Morgan fingerprint density at radius 1 is 0.733 bits per heavy atom. The Hall–Kier alpha value is -3.16. The molecule has 8 heteroatoms. The van der Waals surface area contributed by atoms with Crippen LogP contribution in [-0.4, -0.2) is 20.1 Å². The zero-order valence-electron chi connectivity index (χ0n) is 16.2. The summed E-state index contributed by atoms with van der Waals surface area (Å²) in [4.78, 5) is 21.8. The van der Waals surface area contributed by atoms with Gasteiger partial charge in [0.05, 0.1) is 9.85 Å². The Kier molecular flexibility index (Phi) is 4.03. The lowest BCUT2D eigenvalue weighted by Crippen LogP contribution is -2.56. The predicted molar refractivity (Wildman–Crippen MR) is 107 cm³/mol. The number of aromatic hydroxyl groups is 2. The lowest BCUT2D eigenvalue weighted by molar-refractivity contribution is -0.386. The summed E-state index contributed by atoms with van der Waals surface area (Å²) in [6.07, 6.45) is 5.15. The highest BCUT2D eigenvalue weighted by Crippen LogP contribution is 2.65. The van der Waals surface area contributed by atoms with Crippen molar-refractivity contribution in [1.29, 1.82) is 0 Å². The van der Waals surface area contributed by atoms with Crippen LogP contribution in [0.4, 0.5) is 11.4 Å². The summed E-state index contributed by atoms with van der Waals surface area (Å²) in [7, 11) is 0. The molecule has 4 bridgehead atoms. The van der Waals surface area contributed by atoms with Crippen LogP contribution >= 0.6 is 0 Å². The summed E-state index contributed by atoms with van der Waals surface area (Å²) in [6, 6.07) is 9.04. The second kappa shape index (κ2) is 6.42. The van der Waals surface area contributed by atoms with E-state index in [9.17, 15) is 30.4 Å². The normalized spacial score (nSPS) is 28.4. The highest BCUT2D eigenvalue weighted by atomic mass is 16.6. The highest BCUT2D eigenvalue weighted by Gasteiger charge is 2.59. The average molecular weight is 410 g/mol. The lowest BCUT2D eigenvalue weighted by Gasteiger charge is -2.62. The third kappa shape index (κ3) is 2.52. The quantitative estimate of drug-likeness (QED) is 0.558. The van der Waals surface area contributed by atoms with Gasteiger partial charge < -0.3 is 10.2 Å². The molecule has 30 heavy (non-hydrogen) atoms. The molecule has 8 nitrogen and oxygen atoms in total. The van der Waals surface area contributed by atoms with E-state index in [2.05, 4.69) is 0 Å². The second-order valence-corrected chi connectivity index (χ2v) is 9.09. The maximum absolute atomic E-state index is 11.5. The number of hydrogen-bond acceptors (Lipinski definition) is 6. The molecule has 2 aromatic carbocycles. The van der Waals surface area contributed by atoms with Crippen LogP contribution in [0.5, 0.6) is 11.5 Å². The average Bonchev–Trinajstić information content (AvgIpc) is 2.69. The molecule has 4 aliphatic rings. The van der Waals surface area contributed by atoms with Crippen LogP contribution in [-0.2, 0) is 5.41 Å². The molecule has 4 aliphatic carbocycles. The predicted octanol–water partition coefficient (Wildman–Crippen LogP) is 4.66. The summed E-state index contributed by atoms with van der Waals surface area (Å²) in [5.74, 6) is 0.891. The van der Waals surface area contributed by atoms with Crippen LogP contribution in [0.1, 0.15) is 43.2 Å². The molecule has 4 saturated carbocycles. The molecule has 156 valence electrons. The molecule has 0 atom stereocenters. The first-order chi connectivity index (χ1) is 14.3. The molecular formula is C22H22N2O6. The Balaban J connectivity index is 1.77. The number of nitrogens with zero attached hydrogens (tertiary/aromatic N) is 2. The van der Waals surface area contributed by atoms with Crippen LogP contribution < -0.4 is 0 Å². The summed E-state index contributed by atoms with van der Waals surface area (Å²) in [5.41, 5.74) is 0.133. The number of phenolic OH excluding ortho intramolecular Hbond substituents is 2. The van der Waals surface area contributed by atoms with Gasteiger partial charge in [-0.2, -0.15) is 0 Å². The van der Waals surface area contributed by atoms with E-state index in [1.165, 1.54) is 30.7 Å². The van der Waals surface area contributed by atoms with E-state index in [-0.39, 0.29) is 34.7 Å². The van der Waals surface area contributed by atoms with Gasteiger partial charge in [0.15, 0.2) is 11.5 Å². The Bertz CT molecular complexity index is 972. The number of phenols is 2. The zero-order valence-corrected chi connectivity index (χ0v) is 16.2. The van der Waals surface area contributed by atoms with Crippen LogP contribution in [0, 0.1) is 43.9 Å². The van der Waals surface area contributed by atoms with Gasteiger partial charge in [-0.25, -0.2) is 0 Å². The van der Waals surface area contributed by atoms with E-state index in [1.807, 2.05) is 0 Å². The van der Waals surface area contributed by atoms with Crippen molar-refractivity contribution in [3.05, 3.63) is 67.8 Å². The second-order valence-electron chi connectivity index (χ2n) is 9.09. The van der Waals surface area contributed by atoms with Crippen LogP contribution in [0.3, 0.4) is 0 Å². The minimum atomic E-state index is -0.607. The molecule has 0 aliphatic heterocycles. The first-order valence-corrected chi connectivity index (χ1v) is 10.3. The van der Waals surface area contributed by atoms with Gasteiger partial charge in [-0.1, -0.05) is 12.1 Å². The molecule has 0 unspecified atom stereocenters. The SMILES string of the molecule is O=[N+]([O-])c1cc(C2(c3ccc(O)c([N+](=O)[O-])c3)C3CC4CC(C3)CC2C4)ccc1O. The van der Waals surface area contributed by atoms with Gasteiger partial charge >= 0.3 is 11.4 Å². The van der Waals surface area contributed by atoms with Gasteiger partial charge in [0.1, 0.15) is 0 Å². The third-order valence-corrected chi connectivity index (χ3v) is 7.73. The van der Waals surface area contributed by atoms with Crippen LogP contribution in [0.25, 0.3) is 0 Å². The Labute approximate surface area is 172 Å². The third-order valence-electron chi connectivity index (χ3n) is 7.73. The van der Waals surface area contributed by atoms with Gasteiger partial charge in [0.25, 0.3) is 0 Å². The fourth-order valence-corrected chi connectivity index (χ4v) is 6.89. The molecule has 0 amide bonds. The van der Waals surface area contributed by atoms with Gasteiger partial charge in [0.2, 0.25) is 0 Å². The minimum absolute atomic E-state index is 0.210. The van der Waals surface area contributed by atoms with E-state index in [0.29, 0.717) is 11.8 Å². The number of hydrogen-bond donors (Lipinski definition) is 2. The van der Waals surface area contributed by atoms with Gasteiger partial charge in [-0.15, -0.1) is 0 Å². The monoisotopic (exact) mass is 410 g/mol. The standard InChI is InChI=1S/C22H22N2O6/c25-20-3-1-14(10-18(20)23(27)28)22(15-2-4-21(26)19(11-15)24(29)30)16-6-12-5-13(8-16)9-17(22)7-12/h1-4,10-13,16-17,25-26H,5-9H2. The summed E-state index contributed by atoms with van der Waals surface area (Å²) < 4.78 is 0. The molecule has 0 aromatic heterocycles. The molecule has 0 radical (unpaired) electrons. The number of benzene rings is 2. The minimum Gasteiger partial charge on any atom is -0.502 e. The first kappa shape index (κ1) is 18.8. The van der Waals surface area contributed by atoms with Crippen molar-refractivity contribution in [1.82, 2.24) is 0 Å². The van der Waals surface area contributed by atoms with E-state index in [1.54, 1.807) is 12.1 Å². The first-order valence-electron chi connectivity index (χ1n) is 10.3. The van der Waals surface area contributed by atoms with Crippen molar-refractivity contribution in [2.45, 2.75) is 37.5 Å². The van der Waals surface area contributed by atoms with E-state index in [4.69, 9.17) is 0 Å². The maximum atomic E-state index is 11.5. The Morgan fingerprint density at radius 2 is 1.13 bits per heavy atom. The molecule has 2 N–H and O–H groups in total. The smallest absolute Gasteiger partial charge is 0.310 e. The summed E-state index contributed by atoms with van der Waals surface area (Å²) in [6.45, 7) is 0. The van der Waals surface area contributed by atoms with Crippen LogP contribution in [0.2, 0.25) is 0 Å². The lowest BCUT2D eigenvalue weighted by atomic mass is 9.42. The maximum Gasteiger partial charge on any atom is 0.310 e. The molecule has 0 heterocycles. The zero-order chi connectivity index (χ0) is 21.2. The molecular weight excluding hydrogens is 388 g/mol. The topological polar surface area (TPSA) is 127 Å². The number of nitro benzene ring substituents is 2. The van der Waals surface area contributed by atoms with Gasteiger partial charge in [-0.3, -0.25) is 20.2 Å². The molecule has 0 saturated heterocycles. The number of nitro groups is 2. The fourth-order valence-electron chi connectivity index (χ4n) is 6.89. The molecule has 2 aromatic rings. The van der Waals surface area contributed by atoms with Crippen molar-refractivity contribution in [3.63, 3.8) is 0 Å². The van der Waals surface area contributed by atoms with Crippen LogP contribution in [0.15, 0.2) is 36.4 Å². The van der Waals surface area contributed by atoms with E-state index < -0.39 is 15.3 Å². The van der Waals surface area contributed by atoms with E-state index >= 15 is 0 Å². The van der Waals surface area contributed by atoms with Crippen molar-refractivity contribution in [2.75, 3.05) is 0 Å². The number of rotatable bonds is 4. The fraction of sp³-hybridized carbons (Fsp3) is 0.455. The molecule has 0 spiro atoms. The summed E-state index contributed by atoms with van der Waals surface area (Å²) in [5, 5.41) is 43.0. The molecule has 4 fully saturated rings. The summed E-state index contributed by atoms with van der Waals surface area (Å²) >= 11 is 0. The van der Waals surface area contributed by atoms with Crippen molar-refractivity contribution in [3.8, 4) is 11.5 Å². The van der Waals surface area contributed by atoms with Crippen molar-refractivity contribution >= 4 is 11.4 Å². The Morgan fingerprint density at radius 3 is 1.50 bits per heavy atom. The van der Waals surface area contributed by atoms with Crippen molar-refractivity contribution in [2.24, 2.45) is 23.7 Å². The molecule has 6 rings (SSSR count). The van der Waals surface area contributed by atoms with Gasteiger partial charge in [-0.05, 0) is 79.0 Å². The van der Waals surface area contributed by atoms with Crippen molar-refractivity contribution < 1.29 is 20.1 Å². The van der Waals surface area contributed by atoms with Gasteiger partial charge in [0, 0.05) is 17.5 Å².